The number of carbonyl (C=O) groups is 1. The summed E-state index contributed by atoms with van der Waals surface area (Å²) in [6.45, 7) is 3.58. The minimum absolute atomic E-state index is 0. The molecule has 4 nitrogen and oxygen atoms in total. The zero-order valence-electron chi connectivity index (χ0n) is 6.96. The largest absolute Gasteiger partial charge is 0.436 e. The molecule has 0 radical (unpaired) electrons. The molecule has 0 aliphatic rings. The van der Waals surface area contributed by atoms with Gasteiger partial charge in [-0.2, -0.15) is 0 Å². The predicted molar refractivity (Wildman–Crippen MR) is 46.4 cm³/mol. The van der Waals surface area contributed by atoms with Crippen LogP contribution in [0.3, 0.4) is 0 Å². The van der Waals surface area contributed by atoms with Gasteiger partial charge in [0.2, 0.25) is 5.76 Å². The Bertz CT molecular complexity index is 283. The van der Waals surface area contributed by atoms with Crippen molar-refractivity contribution in [3.63, 3.8) is 0 Å². The molecule has 68 valence electrons. The number of carbonyl (C=O) groups excluding carboxylic acids is 1. The van der Waals surface area contributed by atoms with E-state index in [9.17, 15) is 4.79 Å². The van der Waals surface area contributed by atoms with E-state index in [0.717, 1.165) is 0 Å². The summed E-state index contributed by atoms with van der Waals surface area (Å²) in [4.78, 5) is 14.7. The molecule has 2 N–H and O–H groups in total. The molecule has 12 heavy (non-hydrogen) atoms. The second-order valence-electron chi connectivity index (χ2n) is 2.23. The first-order valence-electron chi connectivity index (χ1n) is 3.41. The van der Waals surface area contributed by atoms with Crippen molar-refractivity contribution in [2.24, 2.45) is 5.73 Å². The van der Waals surface area contributed by atoms with Gasteiger partial charge in [-0.05, 0) is 6.42 Å². The summed E-state index contributed by atoms with van der Waals surface area (Å²) >= 11 is 0. The Balaban J connectivity index is 0.00000121. The normalized spacial score (nSPS) is 9.17. The van der Waals surface area contributed by atoms with Crippen LogP contribution in [0, 0.1) is 6.92 Å². The van der Waals surface area contributed by atoms with E-state index >= 15 is 0 Å². The number of aryl methyl sites for hydroxylation is 2. The first-order chi connectivity index (χ1) is 5.15. The van der Waals surface area contributed by atoms with Crippen molar-refractivity contribution in [1.29, 1.82) is 0 Å². The molecule has 1 aromatic heterocycles. The lowest BCUT2D eigenvalue weighted by molar-refractivity contribution is 0.0971. The van der Waals surface area contributed by atoms with Crippen LogP contribution in [0.5, 0.6) is 0 Å². The first-order valence-corrected chi connectivity index (χ1v) is 3.41. The standard InChI is InChI=1S/C7H10N2O2.ClH/c1-3-5-6(7(8)10)11-4(2)9-5;/h3H2,1-2H3,(H2,8,10);1H. The van der Waals surface area contributed by atoms with Crippen LogP contribution in [-0.4, -0.2) is 10.9 Å². The fourth-order valence-corrected chi connectivity index (χ4v) is 0.902. The van der Waals surface area contributed by atoms with E-state index in [1.54, 1.807) is 6.92 Å². The second kappa shape index (κ2) is 4.11. The molecule has 0 spiro atoms. The smallest absolute Gasteiger partial charge is 0.286 e. The van der Waals surface area contributed by atoms with E-state index in [1.165, 1.54) is 0 Å². The molecular formula is C7H11ClN2O2. The Kier molecular flexibility index (Phi) is 3.76. The molecule has 5 heteroatoms. The predicted octanol–water partition coefficient (Wildman–Crippen LogP) is 1.07. The number of hydrogen-bond donors (Lipinski definition) is 1. The Morgan fingerprint density at radius 3 is 2.58 bits per heavy atom. The van der Waals surface area contributed by atoms with Crippen LogP contribution in [0.4, 0.5) is 0 Å². The van der Waals surface area contributed by atoms with Gasteiger partial charge in [0, 0.05) is 6.92 Å². The van der Waals surface area contributed by atoms with Gasteiger partial charge in [0.15, 0.2) is 5.89 Å². The van der Waals surface area contributed by atoms with Gasteiger partial charge in [-0.1, -0.05) is 6.92 Å². The highest BCUT2D eigenvalue weighted by atomic mass is 35.5. The van der Waals surface area contributed by atoms with Crippen molar-refractivity contribution >= 4 is 18.3 Å². The van der Waals surface area contributed by atoms with E-state index in [1.807, 2.05) is 6.92 Å². The molecule has 0 aromatic carbocycles. The summed E-state index contributed by atoms with van der Waals surface area (Å²) in [5, 5.41) is 0. The molecule has 1 heterocycles. The fourth-order valence-electron chi connectivity index (χ4n) is 0.902. The van der Waals surface area contributed by atoms with Crippen molar-refractivity contribution in [3.05, 3.63) is 17.3 Å². The first kappa shape index (κ1) is 11.0. The van der Waals surface area contributed by atoms with Gasteiger partial charge in [0.1, 0.15) is 0 Å². The number of oxazole rings is 1. The van der Waals surface area contributed by atoms with Crippen LogP contribution in [0.15, 0.2) is 4.42 Å². The minimum atomic E-state index is -0.553. The summed E-state index contributed by atoms with van der Waals surface area (Å²) in [6, 6.07) is 0. The number of halogens is 1. The molecule has 0 saturated carbocycles. The lowest BCUT2D eigenvalue weighted by Crippen LogP contribution is -2.11. The Hall–Kier alpha value is -1.03. The lowest BCUT2D eigenvalue weighted by Gasteiger charge is -1.89. The summed E-state index contributed by atoms with van der Waals surface area (Å²) in [6.07, 6.45) is 0.662. The Labute approximate surface area is 76.6 Å². The average Bonchev–Trinajstić information content (AvgIpc) is 2.30. The number of amides is 1. The quantitative estimate of drug-likeness (QED) is 0.759. The molecule has 1 aromatic rings. The fraction of sp³-hybridized carbons (Fsp3) is 0.429. The van der Waals surface area contributed by atoms with Gasteiger partial charge < -0.3 is 10.2 Å². The number of nitrogens with two attached hydrogens (primary N) is 1. The molecule has 0 atom stereocenters. The van der Waals surface area contributed by atoms with Gasteiger partial charge in [0.25, 0.3) is 5.91 Å². The molecule has 1 amide bonds. The van der Waals surface area contributed by atoms with Gasteiger partial charge in [-0.25, -0.2) is 4.98 Å². The van der Waals surface area contributed by atoms with E-state index in [0.29, 0.717) is 18.0 Å². The molecule has 0 bridgehead atoms. The maximum Gasteiger partial charge on any atom is 0.286 e. The molecule has 0 aliphatic carbocycles. The zero-order chi connectivity index (χ0) is 8.43. The maximum absolute atomic E-state index is 10.7. The third kappa shape index (κ3) is 1.98. The lowest BCUT2D eigenvalue weighted by atomic mass is 10.3. The zero-order valence-corrected chi connectivity index (χ0v) is 7.77. The van der Waals surface area contributed by atoms with E-state index in [2.05, 4.69) is 4.98 Å². The summed E-state index contributed by atoms with van der Waals surface area (Å²) in [5.41, 5.74) is 5.67. The van der Waals surface area contributed by atoms with Crippen molar-refractivity contribution < 1.29 is 9.21 Å². The number of rotatable bonds is 2. The molecule has 0 saturated heterocycles. The van der Waals surface area contributed by atoms with Gasteiger partial charge in [-0.3, -0.25) is 4.79 Å². The van der Waals surface area contributed by atoms with Crippen LogP contribution in [0.1, 0.15) is 29.1 Å². The maximum atomic E-state index is 10.7. The van der Waals surface area contributed by atoms with E-state index in [4.69, 9.17) is 10.2 Å². The Morgan fingerprint density at radius 2 is 2.25 bits per heavy atom. The topological polar surface area (TPSA) is 69.1 Å². The van der Waals surface area contributed by atoms with Gasteiger partial charge in [0.05, 0.1) is 5.69 Å². The van der Waals surface area contributed by atoms with Crippen LogP contribution < -0.4 is 5.73 Å². The third-order valence-electron chi connectivity index (χ3n) is 1.36. The highest BCUT2D eigenvalue weighted by Gasteiger charge is 2.13. The summed E-state index contributed by atoms with van der Waals surface area (Å²) in [5.74, 6) is 0.114. The second-order valence-corrected chi connectivity index (χ2v) is 2.23. The van der Waals surface area contributed by atoms with E-state index in [-0.39, 0.29) is 18.2 Å². The molecule has 0 unspecified atom stereocenters. The number of aromatic nitrogens is 1. The van der Waals surface area contributed by atoms with Crippen LogP contribution in [0.25, 0.3) is 0 Å². The average molecular weight is 191 g/mol. The molecule has 1 rings (SSSR count). The van der Waals surface area contributed by atoms with Crippen LogP contribution in [0.2, 0.25) is 0 Å². The Morgan fingerprint density at radius 1 is 1.67 bits per heavy atom. The monoisotopic (exact) mass is 190 g/mol. The van der Waals surface area contributed by atoms with E-state index < -0.39 is 5.91 Å². The highest BCUT2D eigenvalue weighted by molar-refractivity contribution is 5.90. The van der Waals surface area contributed by atoms with Crippen molar-refractivity contribution in [3.8, 4) is 0 Å². The number of hydrogen-bond acceptors (Lipinski definition) is 3. The van der Waals surface area contributed by atoms with Crippen molar-refractivity contribution in [1.82, 2.24) is 4.98 Å². The van der Waals surface area contributed by atoms with Crippen molar-refractivity contribution in [2.75, 3.05) is 0 Å². The molecule has 0 fully saturated rings. The number of primary amides is 1. The molecule has 0 aliphatic heterocycles. The molecular weight excluding hydrogens is 180 g/mol. The van der Waals surface area contributed by atoms with Gasteiger partial charge in [-0.15, -0.1) is 12.4 Å². The van der Waals surface area contributed by atoms with Crippen LogP contribution in [-0.2, 0) is 6.42 Å². The third-order valence-corrected chi connectivity index (χ3v) is 1.36. The van der Waals surface area contributed by atoms with Crippen LogP contribution >= 0.6 is 12.4 Å². The van der Waals surface area contributed by atoms with Crippen molar-refractivity contribution in [2.45, 2.75) is 20.3 Å². The highest BCUT2D eigenvalue weighted by Crippen LogP contribution is 2.09. The summed E-state index contributed by atoms with van der Waals surface area (Å²) < 4.78 is 4.98. The number of nitrogens with zero attached hydrogens (tertiary/aromatic N) is 1. The minimum Gasteiger partial charge on any atom is -0.436 e. The van der Waals surface area contributed by atoms with Gasteiger partial charge >= 0.3 is 0 Å². The summed E-state index contributed by atoms with van der Waals surface area (Å²) in [7, 11) is 0. The SMILES string of the molecule is CCc1nc(C)oc1C(N)=O.Cl.